The minimum absolute atomic E-state index is 0.154. The molecule has 0 bridgehead atoms. The molecule has 4 nitrogen and oxygen atoms in total. The van der Waals surface area contributed by atoms with E-state index < -0.39 is 5.91 Å². The third-order valence-electron chi connectivity index (χ3n) is 2.93. The van der Waals surface area contributed by atoms with Gasteiger partial charge in [0, 0.05) is 11.6 Å². The number of thiophene rings is 1. The maximum absolute atomic E-state index is 12.4. The summed E-state index contributed by atoms with van der Waals surface area (Å²) >= 11 is 1.37. The van der Waals surface area contributed by atoms with Crippen LogP contribution in [0.2, 0.25) is 0 Å². The van der Waals surface area contributed by atoms with Crippen LogP contribution in [0.4, 0.5) is 0 Å². The molecule has 0 spiro atoms. The van der Waals surface area contributed by atoms with Gasteiger partial charge < -0.3 is 5.73 Å². The van der Waals surface area contributed by atoms with Crippen molar-refractivity contribution < 1.29 is 9.59 Å². The van der Waals surface area contributed by atoms with Crippen LogP contribution in [0, 0.1) is 0 Å². The maximum atomic E-state index is 12.4. The minimum atomic E-state index is -0.533. The Morgan fingerprint density at radius 1 is 1.11 bits per heavy atom. The van der Waals surface area contributed by atoms with Crippen LogP contribution in [0.5, 0.6) is 0 Å². The highest BCUT2D eigenvalue weighted by Crippen LogP contribution is 2.23. The van der Waals surface area contributed by atoms with Gasteiger partial charge in [-0.1, -0.05) is 24.3 Å². The molecule has 19 heavy (non-hydrogen) atoms. The summed E-state index contributed by atoms with van der Waals surface area (Å²) < 4.78 is 1.47. The topological polar surface area (TPSA) is 65.1 Å². The van der Waals surface area contributed by atoms with Crippen molar-refractivity contribution >= 4 is 34.1 Å². The van der Waals surface area contributed by atoms with E-state index in [1.165, 1.54) is 22.1 Å². The number of nitrogens with two attached hydrogens (primary N) is 1. The predicted molar refractivity (Wildman–Crippen MR) is 74.5 cm³/mol. The van der Waals surface area contributed by atoms with E-state index in [1.54, 1.807) is 18.2 Å². The molecular formula is C14H10N2O2S. The first-order valence-electron chi connectivity index (χ1n) is 5.66. The van der Waals surface area contributed by atoms with Crippen molar-refractivity contribution in [2.75, 3.05) is 0 Å². The molecule has 0 unspecified atom stereocenters. The van der Waals surface area contributed by atoms with Gasteiger partial charge in [0.2, 0.25) is 0 Å². The molecule has 2 aromatic heterocycles. The Kier molecular flexibility index (Phi) is 2.68. The fourth-order valence-corrected chi connectivity index (χ4v) is 2.72. The standard InChI is InChI=1S/C14H10N2O2S/c15-13(17)10-8-16(11-5-2-1-4-9(10)11)14(18)12-6-3-7-19-12/h1-8H,(H2,15,17). The average molecular weight is 270 g/mol. The second-order valence-corrected chi connectivity index (χ2v) is 5.02. The van der Waals surface area contributed by atoms with Crippen LogP contribution in [-0.2, 0) is 0 Å². The molecular weight excluding hydrogens is 260 g/mol. The van der Waals surface area contributed by atoms with Crippen molar-refractivity contribution in [3.63, 3.8) is 0 Å². The van der Waals surface area contributed by atoms with Gasteiger partial charge in [-0.3, -0.25) is 14.2 Å². The summed E-state index contributed by atoms with van der Waals surface area (Å²) in [5.74, 6) is -0.687. The fourth-order valence-electron chi connectivity index (χ4n) is 2.06. The van der Waals surface area contributed by atoms with Crippen molar-refractivity contribution in [1.82, 2.24) is 4.57 Å². The lowest BCUT2D eigenvalue weighted by atomic mass is 10.2. The Balaban J connectivity index is 2.25. The van der Waals surface area contributed by atoms with Crippen molar-refractivity contribution in [2.45, 2.75) is 0 Å². The second-order valence-electron chi connectivity index (χ2n) is 4.08. The smallest absolute Gasteiger partial charge is 0.272 e. The largest absolute Gasteiger partial charge is 0.366 e. The number of nitrogens with zero attached hydrogens (tertiary/aromatic N) is 1. The number of carbonyl (C=O) groups excluding carboxylic acids is 2. The summed E-state index contributed by atoms with van der Waals surface area (Å²) in [6, 6.07) is 10.8. The van der Waals surface area contributed by atoms with Gasteiger partial charge in [0.1, 0.15) is 0 Å². The van der Waals surface area contributed by atoms with Gasteiger partial charge in [0.25, 0.3) is 11.8 Å². The number of amides is 1. The van der Waals surface area contributed by atoms with Crippen molar-refractivity contribution in [3.05, 3.63) is 58.4 Å². The Morgan fingerprint density at radius 2 is 1.89 bits per heavy atom. The van der Waals surface area contributed by atoms with Crippen LogP contribution < -0.4 is 5.73 Å². The summed E-state index contributed by atoms with van der Waals surface area (Å²) in [7, 11) is 0. The lowest BCUT2D eigenvalue weighted by molar-refractivity contribution is 0.0969. The first-order valence-corrected chi connectivity index (χ1v) is 6.54. The summed E-state index contributed by atoms with van der Waals surface area (Å²) in [5, 5.41) is 2.54. The summed E-state index contributed by atoms with van der Waals surface area (Å²) in [6.07, 6.45) is 1.51. The number of hydrogen-bond donors (Lipinski definition) is 1. The average Bonchev–Trinajstić information content (AvgIpc) is 3.05. The molecule has 3 rings (SSSR count). The first kappa shape index (κ1) is 11.7. The van der Waals surface area contributed by atoms with E-state index in [2.05, 4.69) is 0 Å². The summed E-state index contributed by atoms with van der Waals surface area (Å²) in [4.78, 5) is 24.4. The molecule has 0 fully saturated rings. The molecule has 1 amide bonds. The molecule has 0 radical (unpaired) electrons. The molecule has 0 aliphatic heterocycles. The van der Waals surface area contributed by atoms with E-state index in [4.69, 9.17) is 5.73 Å². The molecule has 2 heterocycles. The van der Waals surface area contributed by atoms with Crippen LogP contribution in [0.15, 0.2) is 48.0 Å². The van der Waals surface area contributed by atoms with E-state index in [0.717, 1.165) is 0 Å². The highest BCUT2D eigenvalue weighted by Gasteiger charge is 2.17. The molecule has 0 atom stereocenters. The Hall–Kier alpha value is -2.40. The number of aromatic nitrogens is 1. The first-order chi connectivity index (χ1) is 9.18. The number of primary amides is 1. The van der Waals surface area contributed by atoms with Crippen LogP contribution in [-0.4, -0.2) is 16.4 Å². The summed E-state index contributed by atoms with van der Waals surface area (Å²) in [5.41, 5.74) is 6.40. The van der Waals surface area contributed by atoms with Gasteiger partial charge in [-0.2, -0.15) is 0 Å². The Labute approximate surface area is 113 Å². The number of fused-ring (bicyclic) bond motifs is 1. The third kappa shape index (κ3) is 1.84. The molecule has 0 saturated carbocycles. The van der Waals surface area contributed by atoms with E-state index in [9.17, 15) is 9.59 Å². The second kappa shape index (κ2) is 4.37. The Morgan fingerprint density at radius 3 is 2.58 bits per heavy atom. The van der Waals surface area contributed by atoms with Crippen molar-refractivity contribution in [1.29, 1.82) is 0 Å². The van der Waals surface area contributed by atoms with Gasteiger partial charge in [0.15, 0.2) is 0 Å². The van der Waals surface area contributed by atoms with Crippen molar-refractivity contribution in [2.24, 2.45) is 5.73 Å². The monoisotopic (exact) mass is 270 g/mol. The van der Waals surface area contributed by atoms with Crippen LogP contribution >= 0.6 is 11.3 Å². The molecule has 3 aromatic rings. The number of carbonyl (C=O) groups is 2. The molecule has 94 valence electrons. The van der Waals surface area contributed by atoms with E-state index in [1.807, 2.05) is 23.6 Å². The SMILES string of the molecule is NC(=O)c1cn(C(=O)c2cccs2)c2ccccc12. The van der Waals surface area contributed by atoms with Crippen molar-refractivity contribution in [3.8, 4) is 0 Å². The Bertz CT molecular complexity index is 772. The highest BCUT2D eigenvalue weighted by atomic mass is 32.1. The normalized spacial score (nSPS) is 10.7. The van der Waals surface area contributed by atoms with Gasteiger partial charge in [-0.15, -0.1) is 11.3 Å². The zero-order chi connectivity index (χ0) is 13.4. The van der Waals surface area contributed by atoms with E-state index in [-0.39, 0.29) is 5.91 Å². The van der Waals surface area contributed by atoms with Gasteiger partial charge in [0.05, 0.1) is 16.0 Å². The maximum Gasteiger partial charge on any atom is 0.272 e. The van der Waals surface area contributed by atoms with Crippen LogP contribution in [0.25, 0.3) is 10.9 Å². The number of para-hydroxylation sites is 1. The van der Waals surface area contributed by atoms with Crippen LogP contribution in [0.3, 0.4) is 0 Å². The summed E-state index contributed by atoms with van der Waals surface area (Å²) in [6.45, 7) is 0. The van der Waals surface area contributed by atoms with Gasteiger partial charge in [-0.25, -0.2) is 0 Å². The van der Waals surface area contributed by atoms with Gasteiger partial charge >= 0.3 is 0 Å². The lowest BCUT2D eigenvalue weighted by Crippen LogP contribution is -2.12. The molecule has 2 N–H and O–H groups in total. The zero-order valence-corrected chi connectivity index (χ0v) is 10.7. The number of hydrogen-bond acceptors (Lipinski definition) is 3. The predicted octanol–water partition coefficient (Wildman–Crippen LogP) is 2.49. The van der Waals surface area contributed by atoms with E-state index in [0.29, 0.717) is 21.3 Å². The highest BCUT2D eigenvalue weighted by molar-refractivity contribution is 7.12. The quantitative estimate of drug-likeness (QED) is 0.777. The molecule has 5 heteroatoms. The fraction of sp³-hybridized carbons (Fsp3) is 0. The van der Waals surface area contributed by atoms with Crippen LogP contribution in [0.1, 0.15) is 20.0 Å². The minimum Gasteiger partial charge on any atom is -0.366 e. The molecule has 0 aliphatic rings. The van der Waals surface area contributed by atoms with E-state index >= 15 is 0 Å². The zero-order valence-electron chi connectivity index (χ0n) is 9.87. The lowest BCUT2D eigenvalue weighted by Gasteiger charge is -2.00. The van der Waals surface area contributed by atoms with Gasteiger partial charge in [-0.05, 0) is 17.5 Å². The number of rotatable bonds is 2. The third-order valence-corrected chi connectivity index (χ3v) is 3.79. The molecule has 0 saturated heterocycles. The molecule has 1 aromatic carbocycles. The molecule has 0 aliphatic carbocycles. The number of benzene rings is 1.